The zero-order chi connectivity index (χ0) is 37.7. The first kappa shape index (κ1) is 33.1. The Labute approximate surface area is 334 Å². The van der Waals surface area contributed by atoms with Gasteiger partial charge in [-0.1, -0.05) is 176 Å². The molecule has 0 saturated carbocycles. The van der Waals surface area contributed by atoms with Crippen molar-refractivity contribution < 1.29 is 0 Å². The molecule has 0 aliphatic rings. The van der Waals surface area contributed by atoms with Crippen molar-refractivity contribution in [1.82, 2.24) is 15.0 Å². The highest BCUT2D eigenvalue weighted by atomic mass is 32.1. The third kappa shape index (κ3) is 5.95. The number of nitrogens with zero attached hydrogens (tertiary/aromatic N) is 3. The Morgan fingerprint density at radius 1 is 0.351 bits per heavy atom. The van der Waals surface area contributed by atoms with E-state index in [0.29, 0.717) is 5.82 Å². The van der Waals surface area contributed by atoms with Crippen LogP contribution in [-0.4, -0.2) is 15.0 Å². The maximum absolute atomic E-state index is 5.41. The first-order chi connectivity index (χ1) is 28.2. The van der Waals surface area contributed by atoms with Gasteiger partial charge < -0.3 is 0 Å². The summed E-state index contributed by atoms with van der Waals surface area (Å²) in [6.45, 7) is 0. The van der Waals surface area contributed by atoms with Crippen LogP contribution in [0.5, 0.6) is 0 Å². The molecule has 0 saturated heterocycles. The number of aromatic nitrogens is 3. The van der Waals surface area contributed by atoms with Crippen LogP contribution in [0.15, 0.2) is 200 Å². The smallest absolute Gasteiger partial charge is 0.160 e. The van der Waals surface area contributed by atoms with Crippen molar-refractivity contribution >= 4 is 53.2 Å². The molecule has 3 nitrogen and oxygen atoms in total. The second-order valence-corrected chi connectivity index (χ2v) is 15.4. The molecule has 11 rings (SSSR count). The van der Waals surface area contributed by atoms with Gasteiger partial charge in [-0.15, -0.1) is 11.3 Å². The van der Waals surface area contributed by atoms with Crippen LogP contribution < -0.4 is 0 Å². The number of hydrogen-bond donors (Lipinski definition) is 0. The minimum Gasteiger partial charge on any atom is -0.247 e. The van der Waals surface area contributed by atoms with Gasteiger partial charge in [-0.2, -0.15) is 0 Å². The lowest BCUT2D eigenvalue weighted by Gasteiger charge is -2.12. The van der Waals surface area contributed by atoms with E-state index >= 15 is 0 Å². The Balaban J connectivity index is 1.02. The maximum Gasteiger partial charge on any atom is 0.160 e. The van der Waals surface area contributed by atoms with E-state index in [0.717, 1.165) is 44.9 Å². The van der Waals surface area contributed by atoms with Gasteiger partial charge >= 0.3 is 0 Å². The molecular weight excluding hydrogens is 711 g/mol. The lowest BCUT2D eigenvalue weighted by atomic mass is 9.96. The van der Waals surface area contributed by atoms with E-state index in [1.165, 1.54) is 58.6 Å². The maximum atomic E-state index is 5.41. The standard InChI is InChI=1S/C53H33N3S/c1-3-12-34(13-4-1)35-22-24-38(25-23-35)48-33-47(37-15-5-2-6-16-37)55-53(56-48)40-28-26-39(27-29-40)51-50-44-19-9-10-21-49(44)57-52(50)45-32-41(30-31-46(45)54-51)43-20-11-17-36-14-7-8-18-42(36)43/h1-33H. The molecule has 3 heterocycles. The molecule has 3 aromatic heterocycles. The molecule has 0 amide bonds. The second kappa shape index (κ2) is 13.8. The van der Waals surface area contributed by atoms with Crippen molar-refractivity contribution in [3.63, 3.8) is 0 Å². The number of pyridine rings is 1. The van der Waals surface area contributed by atoms with Crippen LogP contribution in [-0.2, 0) is 0 Å². The Hall–Kier alpha value is -7.27. The zero-order valence-corrected chi connectivity index (χ0v) is 31.6. The van der Waals surface area contributed by atoms with E-state index in [1.54, 1.807) is 0 Å². The lowest BCUT2D eigenvalue weighted by Crippen LogP contribution is -1.96. The van der Waals surface area contributed by atoms with Gasteiger partial charge in [0.15, 0.2) is 5.82 Å². The predicted octanol–water partition coefficient (Wildman–Crippen LogP) is 14.5. The quantitative estimate of drug-likeness (QED) is 0.170. The summed E-state index contributed by atoms with van der Waals surface area (Å²) in [5.41, 5.74) is 12.6. The van der Waals surface area contributed by atoms with Gasteiger partial charge in [-0.25, -0.2) is 15.0 Å². The highest BCUT2D eigenvalue weighted by Gasteiger charge is 2.18. The van der Waals surface area contributed by atoms with Crippen LogP contribution in [0, 0.1) is 0 Å². The fourth-order valence-corrected chi connectivity index (χ4v) is 9.27. The van der Waals surface area contributed by atoms with Gasteiger partial charge in [0, 0.05) is 47.8 Å². The normalized spacial score (nSPS) is 11.5. The third-order valence-corrected chi connectivity index (χ3v) is 12.1. The second-order valence-electron chi connectivity index (χ2n) is 14.4. The Morgan fingerprint density at radius 3 is 1.68 bits per heavy atom. The number of rotatable bonds is 6. The van der Waals surface area contributed by atoms with Crippen LogP contribution in [0.25, 0.3) is 109 Å². The molecule has 0 bridgehead atoms. The van der Waals surface area contributed by atoms with Gasteiger partial charge in [0.1, 0.15) is 0 Å². The summed E-state index contributed by atoms with van der Waals surface area (Å²) in [6.07, 6.45) is 0. The van der Waals surface area contributed by atoms with Gasteiger partial charge in [0.25, 0.3) is 0 Å². The molecule has 266 valence electrons. The van der Waals surface area contributed by atoms with Crippen LogP contribution >= 0.6 is 11.3 Å². The molecule has 11 aromatic rings. The summed E-state index contributed by atoms with van der Waals surface area (Å²) in [5.74, 6) is 0.684. The van der Waals surface area contributed by atoms with E-state index in [1.807, 2.05) is 23.5 Å². The van der Waals surface area contributed by atoms with Crippen LogP contribution in [0.3, 0.4) is 0 Å². The van der Waals surface area contributed by atoms with Crippen LogP contribution in [0.4, 0.5) is 0 Å². The first-order valence-electron chi connectivity index (χ1n) is 19.2. The van der Waals surface area contributed by atoms with Crippen molar-refractivity contribution in [3.05, 3.63) is 200 Å². The van der Waals surface area contributed by atoms with E-state index < -0.39 is 0 Å². The first-order valence-corrected chi connectivity index (χ1v) is 20.0. The van der Waals surface area contributed by atoms with Crippen molar-refractivity contribution in [3.8, 4) is 67.4 Å². The summed E-state index contributed by atoms with van der Waals surface area (Å²) >= 11 is 1.85. The number of hydrogen-bond acceptors (Lipinski definition) is 4. The largest absolute Gasteiger partial charge is 0.247 e. The Kier molecular flexibility index (Phi) is 8.01. The molecule has 0 aliphatic carbocycles. The lowest BCUT2D eigenvalue weighted by molar-refractivity contribution is 1.18. The van der Waals surface area contributed by atoms with E-state index in [-0.39, 0.29) is 0 Å². The summed E-state index contributed by atoms with van der Waals surface area (Å²) in [7, 11) is 0. The monoisotopic (exact) mass is 743 g/mol. The number of benzene rings is 8. The highest BCUT2D eigenvalue weighted by molar-refractivity contribution is 7.26. The van der Waals surface area contributed by atoms with Crippen molar-refractivity contribution in [2.45, 2.75) is 0 Å². The van der Waals surface area contributed by atoms with E-state index in [2.05, 4.69) is 188 Å². The molecular formula is C53H33N3S. The molecule has 8 aromatic carbocycles. The highest BCUT2D eigenvalue weighted by Crippen LogP contribution is 2.44. The Bertz CT molecular complexity index is 3260. The summed E-state index contributed by atoms with van der Waals surface area (Å²) in [5, 5.41) is 6.08. The van der Waals surface area contributed by atoms with Gasteiger partial charge in [-0.05, 0) is 57.3 Å². The number of fused-ring (bicyclic) bond motifs is 6. The molecule has 0 fully saturated rings. The van der Waals surface area contributed by atoms with Gasteiger partial charge in [-0.3, -0.25) is 0 Å². The van der Waals surface area contributed by atoms with Gasteiger partial charge in [0.2, 0.25) is 0 Å². The predicted molar refractivity (Wildman–Crippen MR) is 240 cm³/mol. The molecule has 57 heavy (non-hydrogen) atoms. The van der Waals surface area contributed by atoms with E-state index in [9.17, 15) is 0 Å². The SMILES string of the molecule is c1ccc(-c2ccc(-c3cc(-c4ccccc4)nc(-c4ccc(-c5nc6ccc(-c7cccc8ccccc78)cc6c6sc7ccccc7c56)cc4)n3)cc2)cc1. The van der Waals surface area contributed by atoms with Crippen molar-refractivity contribution in [2.24, 2.45) is 0 Å². The minimum atomic E-state index is 0.684. The van der Waals surface area contributed by atoms with Gasteiger partial charge in [0.05, 0.1) is 22.6 Å². The molecule has 0 aliphatic heterocycles. The average Bonchev–Trinajstić information content (AvgIpc) is 3.69. The molecule has 4 heteroatoms. The molecule has 0 atom stereocenters. The average molecular weight is 744 g/mol. The molecule has 0 radical (unpaired) electrons. The topological polar surface area (TPSA) is 38.7 Å². The fourth-order valence-electron chi connectivity index (χ4n) is 8.04. The summed E-state index contributed by atoms with van der Waals surface area (Å²) in [6, 6.07) is 70.7. The third-order valence-electron chi connectivity index (χ3n) is 10.9. The fraction of sp³-hybridized carbons (Fsp3) is 0. The van der Waals surface area contributed by atoms with E-state index in [4.69, 9.17) is 15.0 Å². The van der Waals surface area contributed by atoms with Crippen molar-refractivity contribution in [2.75, 3.05) is 0 Å². The molecule has 0 unspecified atom stereocenters. The Morgan fingerprint density at radius 2 is 0.912 bits per heavy atom. The van der Waals surface area contributed by atoms with Crippen molar-refractivity contribution in [1.29, 1.82) is 0 Å². The van der Waals surface area contributed by atoms with Crippen LogP contribution in [0.1, 0.15) is 0 Å². The minimum absolute atomic E-state index is 0.684. The zero-order valence-electron chi connectivity index (χ0n) is 30.8. The summed E-state index contributed by atoms with van der Waals surface area (Å²) < 4.78 is 2.51. The molecule has 0 spiro atoms. The van der Waals surface area contributed by atoms with Crippen LogP contribution in [0.2, 0.25) is 0 Å². The molecule has 0 N–H and O–H groups in total. The number of thiophene rings is 1. The summed E-state index contributed by atoms with van der Waals surface area (Å²) in [4.78, 5) is 15.7.